The number of pyridine rings is 1. The lowest BCUT2D eigenvalue weighted by atomic mass is 9.88. The molecule has 5 aliphatic heterocycles. The van der Waals surface area contributed by atoms with Crippen LogP contribution in [-0.2, 0) is 11.2 Å². The fourth-order valence-corrected chi connectivity index (χ4v) is 8.45. The summed E-state index contributed by atoms with van der Waals surface area (Å²) in [5, 5.41) is 14.6. The van der Waals surface area contributed by atoms with Gasteiger partial charge in [0.15, 0.2) is 5.82 Å². The number of aromatic nitrogens is 3. The van der Waals surface area contributed by atoms with Gasteiger partial charge in [0.05, 0.1) is 29.6 Å². The number of hydrogen-bond acceptors (Lipinski definition) is 9. The van der Waals surface area contributed by atoms with E-state index in [1.165, 1.54) is 30.5 Å². The predicted molar refractivity (Wildman–Crippen MR) is 173 cm³/mol. The Morgan fingerprint density at radius 3 is 2.77 bits per heavy atom. The molecule has 0 unspecified atom stereocenters. The number of aromatic hydroxyl groups is 1. The smallest absolute Gasteiger partial charge is 0.407 e. The van der Waals surface area contributed by atoms with Crippen LogP contribution in [0.3, 0.4) is 0 Å². The molecule has 1 amide bonds. The number of piperidine rings is 1. The maximum Gasteiger partial charge on any atom is 0.407 e. The Hall–Kier alpha value is -4.39. The topological polar surface area (TPSA) is 113 Å². The number of halogens is 3. The van der Waals surface area contributed by atoms with Crippen molar-refractivity contribution in [3.63, 3.8) is 0 Å². The number of carbonyl (C=O) groups is 1. The number of alkyl halides is 1. The van der Waals surface area contributed by atoms with Gasteiger partial charge in [-0.05, 0) is 87.0 Å². The fraction of sp³-hybridized carbons (Fsp3) is 0.486. The number of benzene rings is 2. The first-order valence-corrected chi connectivity index (χ1v) is 16.5. The molecule has 3 saturated heterocycles. The zero-order chi connectivity index (χ0) is 33.4. The summed E-state index contributed by atoms with van der Waals surface area (Å²) in [6, 6.07) is 6.09. The van der Waals surface area contributed by atoms with Crippen molar-refractivity contribution in [2.45, 2.75) is 75.2 Å². The summed E-state index contributed by atoms with van der Waals surface area (Å²) < 4.78 is 59.6. The summed E-state index contributed by atoms with van der Waals surface area (Å²) in [4.78, 5) is 30.7. The minimum atomic E-state index is -1.35. The van der Waals surface area contributed by atoms with Crippen molar-refractivity contribution in [2.24, 2.45) is 0 Å². The van der Waals surface area contributed by atoms with Crippen molar-refractivity contribution in [3.8, 4) is 23.0 Å². The summed E-state index contributed by atoms with van der Waals surface area (Å²) >= 11 is 0. The molecule has 252 valence electrons. The van der Waals surface area contributed by atoms with E-state index in [2.05, 4.69) is 27.2 Å². The van der Waals surface area contributed by atoms with Gasteiger partial charge in [-0.3, -0.25) is 9.88 Å². The fourth-order valence-electron chi connectivity index (χ4n) is 8.45. The molecule has 9 rings (SSSR count). The van der Waals surface area contributed by atoms with Crippen molar-refractivity contribution in [1.82, 2.24) is 25.2 Å². The third-order valence-corrected chi connectivity index (χ3v) is 10.8. The Morgan fingerprint density at radius 2 is 2.00 bits per heavy atom. The van der Waals surface area contributed by atoms with Crippen LogP contribution in [0.2, 0.25) is 0 Å². The number of fused-ring (bicyclic) bond motifs is 8. The number of likely N-dealkylation sites (N-methyl/N-ethyl adjacent to an activating group) is 1. The molecule has 2 aromatic carbocycles. The maximum atomic E-state index is 17.0. The number of phenolic OH excluding ortho intramolecular Hbond substituents is 1. The second-order valence-electron chi connectivity index (χ2n) is 14.1. The van der Waals surface area contributed by atoms with Gasteiger partial charge in [0, 0.05) is 30.8 Å². The first-order chi connectivity index (χ1) is 23.0. The normalized spacial score (nSPS) is 27.4. The highest BCUT2D eigenvalue weighted by molar-refractivity contribution is 6.01. The zero-order valence-corrected chi connectivity index (χ0v) is 26.9. The van der Waals surface area contributed by atoms with Crippen molar-refractivity contribution in [3.05, 3.63) is 47.7 Å². The van der Waals surface area contributed by atoms with Gasteiger partial charge in [-0.1, -0.05) is 6.07 Å². The molecule has 7 heterocycles. The van der Waals surface area contributed by atoms with Crippen LogP contribution in [0.5, 0.6) is 11.8 Å². The van der Waals surface area contributed by atoms with Crippen LogP contribution in [0.4, 0.5) is 23.8 Å². The van der Waals surface area contributed by atoms with Gasteiger partial charge in [-0.15, -0.1) is 0 Å². The highest BCUT2D eigenvalue weighted by Gasteiger charge is 2.50. The number of ether oxygens (including phenoxy) is 2. The standard InChI is InChI=1S/C35H37F3N6O4/c1-34-14-20(36)16-44(17-34)31-25-15-39-29(28(38)30(25)40-32(41-31)48-18-35-9-7-21(8-10-35)43(35)2)24-13-22(45)12-19-5-6-26(37)23(27(19)24)4-3-11-47-33(46)42-34/h5-6,12-13,15,20-21,45H,3-4,7-11,14,16-18H2,1-2H3,(H,42,46)/t20-,21?,34-,35?/m1/s1. The lowest BCUT2D eigenvalue weighted by Crippen LogP contribution is -2.60. The Labute approximate surface area is 275 Å². The lowest BCUT2D eigenvalue weighted by molar-refractivity contribution is 0.107. The average molecular weight is 663 g/mol. The van der Waals surface area contributed by atoms with Crippen LogP contribution >= 0.6 is 0 Å². The van der Waals surface area contributed by atoms with E-state index in [0.717, 1.165) is 25.7 Å². The number of amides is 1. The molecule has 5 aliphatic rings. The van der Waals surface area contributed by atoms with E-state index >= 15 is 13.2 Å². The summed E-state index contributed by atoms with van der Waals surface area (Å²) in [7, 11) is 2.10. The number of nitrogens with one attached hydrogen (secondary N) is 1. The third-order valence-electron chi connectivity index (χ3n) is 10.8. The van der Waals surface area contributed by atoms with Gasteiger partial charge in [0.1, 0.15) is 41.4 Å². The van der Waals surface area contributed by atoms with Crippen molar-refractivity contribution >= 4 is 33.6 Å². The molecule has 4 aromatic rings. The van der Waals surface area contributed by atoms with E-state index in [1.807, 2.05) is 0 Å². The number of rotatable bonds is 3. The van der Waals surface area contributed by atoms with E-state index in [4.69, 9.17) is 14.5 Å². The van der Waals surface area contributed by atoms with Crippen LogP contribution in [-0.4, -0.2) is 87.7 Å². The van der Waals surface area contributed by atoms with Crippen molar-refractivity contribution in [1.29, 1.82) is 0 Å². The minimum absolute atomic E-state index is 0.0301. The van der Waals surface area contributed by atoms with Crippen molar-refractivity contribution in [2.75, 3.05) is 38.3 Å². The van der Waals surface area contributed by atoms with Crippen LogP contribution in [0.25, 0.3) is 32.9 Å². The average Bonchev–Trinajstić information content (AvgIpc) is 3.52. The SMILES string of the molecule is CN1C2CCC1(COc1nc3c4cnc(c(F)c4n1)-c1cc(O)cc4ccc(F)c(c14)CCCOC(=O)N[C@]1(C)C[C@@H](F)CN3C1)CC2. The van der Waals surface area contributed by atoms with Crippen LogP contribution < -0.4 is 15.0 Å². The first-order valence-electron chi connectivity index (χ1n) is 16.5. The molecule has 3 fully saturated rings. The van der Waals surface area contributed by atoms with Crippen LogP contribution in [0.15, 0.2) is 30.5 Å². The van der Waals surface area contributed by atoms with Gasteiger partial charge < -0.3 is 24.8 Å². The first kappa shape index (κ1) is 30.9. The van der Waals surface area contributed by atoms with E-state index in [0.29, 0.717) is 23.4 Å². The predicted octanol–water partition coefficient (Wildman–Crippen LogP) is 5.81. The second kappa shape index (κ2) is 11.4. The molecule has 2 N–H and O–H groups in total. The third kappa shape index (κ3) is 5.13. The van der Waals surface area contributed by atoms with Crippen molar-refractivity contribution < 1.29 is 32.5 Å². The maximum absolute atomic E-state index is 17.0. The molecular formula is C35H37F3N6O4. The number of hydrogen-bond donors (Lipinski definition) is 2. The summed E-state index contributed by atoms with van der Waals surface area (Å²) in [6.07, 6.45) is 3.89. The van der Waals surface area contributed by atoms with Gasteiger partial charge in [-0.2, -0.15) is 9.97 Å². The Morgan fingerprint density at radius 1 is 1.19 bits per heavy atom. The quantitative estimate of drug-likeness (QED) is 0.281. The number of alkyl carbamates (subject to hydrolysis) is 1. The van der Waals surface area contributed by atoms with Crippen LogP contribution in [0, 0.1) is 11.6 Å². The molecule has 48 heavy (non-hydrogen) atoms. The molecule has 2 atom stereocenters. The number of anilines is 1. The Balaban J connectivity index is 1.33. The number of aryl methyl sites for hydroxylation is 1. The summed E-state index contributed by atoms with van der Waals surface area (Å²) in [5.41, 5.74) is -1.01. The Bertz CT molecular complexity index is 1950. The molecule has 8 bridgehead atoms. The lowest BCUT2D eigenvalue weighted by Gasteiger charge is -2.42. The highest BCUT2D eigenvalue weighted by atomic mass is 19.1. The van der Waals surface area contributed by atoms with Gasteiger partial charge in [-0.25, -0.2) is 18.0 Å². The van der Waals surface area contributed by atoms with E-state index in [1.54, 1.807) is 11.8 Å². The molecular weight excluding hydrogens is 625 g/mol. The largest absolute Gasteiger partial charge is 0.508 e. The molecule has 2 aromatic heterocycles. The van der Waals surface area contributed by atoms with Gasteiger partial charge in [0.25, 0.3) is 0 Å². The van der Waals surface area contributed by atoms with E-state index < -0.39 is 29.4 Å². The monoisotopic (exact) mass is 662 g/mol. The number of carbonyl (C=O) groups excluding carboxylic acids is 1. The highest BCUT2D eigenvalue weighted by Crippen LogP contribution is 2.46. The molecule has 10 nitrogen and oxygen atoms in total. The minimum Gasteiger partial charge on any atom is -0.508 e. The van der Waals surface area contributed by atoms with Gasteiger partial charge >= 0.3 is 12.1 Å². The summed E-state index contributed by atoms with van der Waals surface area (Å²) in [6.45, 7) is 2.09. The number of nitrogens with zero attached hydrogens (tertiary/aromatic N) is 5. The number of phenols is 1. The molecule has 0 aliphatic carbocycles. The zero-order valence-electron chi connectivity index (χ0n) is 26.9. The molecule has 0 spiro atoms. The van der Waals surface area contributed by atoms with E-state index in [-0.39, 0.29) is 89.8 Å². The summed E-state index contributed by atoms with van der Waals surface area (Å²) in [5.74, 6) is -1.26. The van der Waals surface area contributed by atoms with Crippen LogP contribution in [0.1, 0.15) is 51.0 Å². The Kier molecular flexibility index (Phi) is 7.31. The molecule has 13 heteroatoms. The van der Waals surface area contributed by atoms with Gasteiger partial charge in [0.2, 0.25) is 0 Å². The van der Waals surface area contributed by atoms with E-state index in [9.17, 15) is 9.90 Å². The second-order valence-corrected chi connectivity index (χ2v) is 14.1. The molecule has 0 saturated carbocycles. The molecule has 0 radical (unpaired) electrons.